The highest BCUT2D eigenvalue weighted by atomic mass is 16.5. The number of ether oxygens (including phenoxy) is 1. The van der Waals surface area contributed by atoms with Crippen LogP contribution in [0.1, 0.15) is 5.56 Å². The zero-order valence-electron chi connectivity index (χ0n) is 14.1. The summed E-state index contributed by atoms with van der Waals surface area (Å²) in [5.74, 6) is 2.16. The van der Waals surface area contributed by atoms with Gasteiger partial charge in [-0.15, -0.1) is 0 Å². The summed E-state index contributed by atoms with van der Waals surface area (Å²) in [6.45, 7) is 5.11. The maximum absolute atomic E-state index is 5.37. The molecule has 0 radical (unpaired) electrons. The summed E-state index contributed by atoms with van der Waals surface area (Å²) in [6, 6.07) is 12.1. The van der Waals surface area contributed by atoms with Crippen LogP contribution >= 0.6 is 0 Å². The molecule has 2 aromatic heterocycles. The van der Waals surface area contributed by atoms with Crippen molar-refractivity contribution in [3.63, 3.8) is 0 Å². The second kappa shape index (κ2) is 6.90. The lowest BCUT2D eigenvalue weighted by molar-refractivity contribution is 0.122. The standard InChI is InChI=1S/C18H20N6O/c1-13-2-4-14(5-3-13)15-12-17(23-22-15)20-16-6-7-19-18(21-16)24-8-10-25-11-9-24/h2-7,12H,8-11H2,1H3,(H2,19,20,21,22,23). The van der Waals surface area contributed by atoms with Crippen LogP contribution in [0.4, 0.5) is 17.6 Å². The van der Waals surface area contributed by atoms with Crippen molar-refractivity contribution in [2.24, 2.45) is 0 Å². The molecule has 7 heteroatoms. The summed E-state index contributed by atoms with van der Waals surface area (Å²) in [6.07, 6.45) is 1.76. The molecule has 1 saturated heterocycles. The van der Waals surface area contributed by atoms with Crippen LogP contribution in [0.5, 0.6) is 0 Å². The second-order valence-electron chi connectivity index (χ2n) is 6.00. The predicted molar refractivity (Wildman–Crippen MR) is 97.1 cm³/mol. The average molecular weight is 336 g/mol. The maximum atomic E-state index is 5.37. The first kappa shape index (κ1) is 15.6. The van der Waals surface area contributed by atoms with Crippen LogP contribution in [0.3, 0.4) is 0 Å². The van der Waals surface area contributed by atoms with E-state index in [9.17, 15) is 0 Å². The zero-order valence-corrected chi connectivity index (χ0v) is 14.1. The SMILES string of the molecule is Cc1ccc(-c2cc(Nc3ccnc(N4CCOCC4)n3)n[nH]2)cc1. The number of hydrogen-bond donors (Lipinski definition) is 2. The highest BCUT2D eigenvalue weighted by Crippen LogP contribution is 2.22. The van der Waals surface area contributed by atoms with Gasteiger partial charge >= 0.3 is 0 Å². The smallest absolute Gasteiger partial charge is 0.227 e. The number of H-pyrrole nitrogens is 1. The van der Waals surface area contributed by atoms with Crippen molar-refractivity contribution in [2.45, 2.75) is 6.92 Å². The fourth-order valence-corrected chi connectivity index (χ4v) is 2.73. The first-order chi connectivity index (χ1) is 12.3. The van der Waals surface area contributed by atoms with Gasteiger partial charge in [-0.05, 0) is 18.6 Å². The Morgan fingerprint density at radius 1 is 1.08 bits per heavy atom. The van der Waals surface area contributed by atoms with Crippen molar-refractivity contribution in [3.05, 3.63) is 48.2 Å². The van der Waals surface area contributed by atoms with Crippen LogP contribution in [0.15, 0.2) is 42.6 Å². The van der Waals surface area contributed by atoms with Gasteiger partial charge in [-0.25, -0.2) is 4.98 Å². The number of benzene rings is 1. The quantitative estimate of drug-likeness (QED) is 0.763. The van der Waals surface area contributed by atoms with E-state index in [2.05, 4.69) is 61.6 Å². The Morgan fingerprint density at radius 2 is 1.88 bits per heavy atom. The molecule has 1 fully saturated rings. The normalized spacial score (nSPS) is 14.5. The topological polar surface area (TPSA) is 79.0 Å². The maximum Gasteiger partial charge on any atom is 0.227 e. The molecule has 3 heterocycles. The van der Waals surface area contributed by atoms with Crippen molar-refractivity contribution >= 4 is 17.6 Å². The second-order valence-corrected chi connectivity index (χ2v) is 6.00. The minimum Gasteiger partial charge on any atom is -0.378 e. The fourth-order valence-electron chi connectivity index (χ4n) is 2.73. The third-order valence-corrected chi connectivity index (χ3v) is 4.13. The predicted octanol–water partition coefficient (Wildman–Crippen LogP) is 2.76. The van der Waals surface area contributed by atoms with Crippen molar-refractivity contribution in [2.75, 3.05) is 36.5 Å². The van der Waals surface area contributed by atoms with E-state index in [-0.39, 0.29) is 0 Å². The minimum absolute atomic E-state index is 0.709. The van der Waals surface area contributed by atoms with E-state index in [1.54, 1.807) is 6.20 Å². The summed E-state index contributed by atoms with van der Waals surface area (Å²) in [5.41, 5.74) is 3.30. The number of aryl methyl sites for hydroxylation is 1. The van der Waals surface area contributed by atoms with E-state index in [0.717, 1.165) is 36.0 Å². The molecular formula is C18H20N6O. The van der Waals surface area contributed by atoms with Crippen LogP contribution in [-0.2, 0) is 4.74 Å². The number of hydrogen-bond acceptors (Lipinski definition) is 6. The van der Waals surface area contributed by atoms with Gasteiger partial charge in [-0.3, -0.25) is 5.10 Å². The van der Waals surface area contributed by atoms with E-state index in [1.807, 2.05) is 12.1 Å². The molecule has 0 atom stereocenters. The van der Waals surface area contributed by atoms with Crippen LogP contribution in [0, 0.1) is 6.92 Å². The zero-order chi connectivity index (χ0) is 17.1. The average Bonchev–Trinajstić information content (AvgIpc) is 3.12. The number of aromatic amines is 1. The molecule has 0 bridgehead atoms. The van der Waals surface area contributed by atoms with Crippen molar-refractivity contribution in [1.29, 1.82) is 0 Å². The van der Waals surface area contributed by atoms with Gasteiger partial charge in [0.05, 0.1) is 18.9 Å². The fraction of sp³-hybridized carbons (Fsp3) is 0.278. The van der Waals surface area contributed by atoms with Crippen molar-refractivity contribution < 1.29 is 4.74 Å². The van der Waals surface area contributed by atoms with E-state index < -0.39 is 0 Å². The highest BCUT2D eigenvalue weighted by Gasteiger charge is 2.14. The number of aromatic nitrogens is 4. The summed E-state index contributed by atoms with van der Waals surface area (Å²) >= 11 is 0. The van der Waals surface area contributed by atoms with Gasteiger partial charge in [0, 0.05) is 25.4 Å². The summed E-state index contributed by atoms with van der Waals surface area (Å²) < 4.78 is 5.37. The van der Waals surface area contributed by atoms with Gasteiger partial charge in [0.15, 0.2) is 5.82 Å². The van der Waals surface area contributed by atoms with Crippen LogP contribution in [0.25, 0.3) is 11.3 Å². The largest absolute Gasteiger partial charge is 0.378 e. The summed E-state index contributed by atoms with van der Waals surface area (Å²) in [5, 5.41) is 10.6. The number of rotatable bonds is 4. The van der Waals surface area contributed by atoms with E-state index in [4.69, 9.17) is 4.74 Å². The minimum atomic E-state index is 0.709. The van der Waals surface area contributed by atoms with Crippen LogP contribution < -0.4 is 10.2 Å². The molecular weight excluding hydrogens is 316 g/mol. The Hall–Kier alpha value is -2.93. The van der Waals surface area contributed by atoms with Crippen LogP contribution in [-0.4, -0.2) is 46.5 Å². The van der Waals surface area contributed by atoms with Crippen molar-refractivity contribution in [3.8, 4) is 11.3 Å². The van der Waals surface area contributed by atoms with E-state index in [1.165, 1.54) is 5.56 Å². The van der Waals surface area contributed by atoms with Crippen LogP contribution in [0.2, 0.25) is 0 Å². The lowest BCUT2D eigenvalue weighted by atomic mass is 10.1. The molecule has 0 aliphatic carbocycles. The molecule has 25 heavy (non-hydrogen) atoms. The molecule has 4 rings (SSSR count). The van der Waals surface area contributed by atoms with Gasteiger partial charge in [0.2, 0.25) is 5.95 Å². The van der Waals surface area contributed by atoms with Gasteiger partial charge in [-0.1, -0.05) is 29.8 Å². The lowest BCUT2D eigenvalue weighted by Crippen LogP contribution is -2.37. The molecule has 0 unspecified atom stereocenters. The summed E-state index contributed by atoms with van der Waals surface area (Å²) in [4.78, 5) is 11.1. The Labute approximate surface area is 146 Å². The Kier molecular flexibility index (Phi) is 4.30. The molecule has 7 nitrogen and oxygen atoms in total. The third kappa shape index (κ3) is 3.61. The first-order valence-electron chi connectivity index (χ1n) is 8.33. The Morgan fingerprint density at radius 3 is 2.68 bits per heavy atom. The number of nitrogens with zero attached hydrogens (tertiary/aromatic N) is 4. The Balaban J connectivity index is 1.50. The first-order valence-corrected chi connectivity index (χ1v) is 8.33. The van der Waals surface area contributed by atoms with Gasteiger partial charge in [0.1, 0.15) is 5.82 Å². The van der Waals surface area contributed by atoms with Gasteiger partial charge in [0.25, 0.3) is 0 Å². The van der Waals surface area contributed by atoms with Crippen molar-refractivity contribution in [1.82, 2.24) is 20.2 Å². The molecule has 0 saturated carbocycles. The number of anilines is 3. The molecule has 1 aliphatic heterocycles. The Bertz CT molecular complexity index is 839. The summed E-state index contributed by atoms with van der Waals surface area (Å²) in [7, 11) is 0. The van der Waals surface area contributed by atoms with Gasteiger partial charge in [-0.2, -0.15) is 10.1 Å². The molecule has 128 valence electrons. The number of nitrogens with one attached hydrogen (secondary N) is 2. The van der Waals surface area contributed by atoms with E-state index >= 15 is 0 Å². The lowest BCUT2D eigenvalue weighted by Gasteiger charge is -2.26. The molecule has 3 aromatic rings. The third-order valence-electron chi connectivity index (χ3n) is 4.13. The van der Waals surface area contributed by atoms with Gasteiger partial charge < -0.3 is 15.0 Å². The molecule has 2 N–H and O–H groups in total. The highest BCUT2D eigenvalue weighted by molar-refractivity contribution is 5.65. The molecule has 1 aliphatic rings. The molecule has 0 amide bonds. The van der Waals surface area contributed by atoms with E-state index in [0.29, 0.717) is 19.2 Å². The monoisotopic (exact) mass is 336 g/mol. The number of morpholine rings is 1. The molecule has 0 spiro atoms. The molecule has 1 aromatic carbocycles.